The number of hydrogen-bond acceptors (Lipinski definition) is 5. The molecule has 4 rings (SSSR count). The first-order valence-corrected chi connectivity index (χ1v) is 10.4. The molecule has 0 aliphatic carbocycles. The van der Waals surface area contributed by atoms with Gasteiger partial charge >= 0.3 is 6.09 Å². The summed E-state index contributed by atoms with van der Waals surface area (Å²) in [5.41, 5.74) is 3.63. The zero-order chi connectivity index (χ0) is 21.9. The lowest BCUT2D eigenvalue weighted by Gasteiger charge is -2.29. The fraction of sp³-hybridized carbons (Fsp3) is 0.318. The molecule has 158 valence electrons. The smallest absolute Gasteiger partial charge is 0.415 e. The molecule has 2 aliphatic rings. The largest absolute Gasteiger partial charge is 0.443 e. The number of nitrogens with one attached hydrogen (secondary N) is 1. The molecular weight excluding hydrogens is 450 g/mol. The Kier molecular flexibility index (Phi) is 6.45. The molecule has 0 unspecified atom stereocenters. The van der Waals surface area contributed by atoms with Gasteiger partial charge in [0.05, 0.1) is 15.1 Å². The molecule has 1 amide bonds. The van der Waals surface area contributed by atoms with Crippen molar-refractivity contribution in [1.82, 2.24) is 0 Å². The average Bonchev–Trinajstić information content (AvgIpc) is 3.13. The minimum absolute atomic E-state index is 0.119. The van der Waals surface area contributed by atoms with Crippen molar-refractivity contribution in [3.8, 4) is 0 Å². The SMILES string of the molecule is CC(C)(C)OC(=O)N1CC=Cc2ccccc21.O=[N+]([O-])c1cc2c(cc1Br)CCN2. The molecule has 0 atom stereocenters. The molecule has 2 heterocycles. The van der Waals surface area contributed by atoms with Gasteiger partial charge in [0.15, 0.2) is 0 Å². The summed E-state index contributed by atoms with van der Waals surface area (Å²) in [6, 6.07) is 11.2. The summed E-state index contributed by atoms with van der Waals surface area (Å²) in [6.07, 6.45) is 4.63. The van der Waals surface area contributed by atoms with E-state index >= 15 is 0 Å². The van der Waals surface area contributed by atoms with Crippen molar-refractivity contribution in [2.24, 2.45) is 0 Å². The monoisotopic (exact) mass is 473 g/mol. The van der Waals surface area contributed by atoms with Gasteiger partial charge in [-0.1, -0.05) is 30.4 Å². The number of benzene rings is 2. The highest BCUT2D eigenvalue weighted by molar-refractivity contribution is 9.10. The van der Waals surface area contributed by atoms with Gasteiger partial charge in [0.1, 0.15) is 5.60 Å². The second-order valence-corrected chi connectivity index (χ2v) is 8.80. The number of carbonyl (C=O) groups is 1. The van der Waals surface area contributed by atoms with Crippen LogP contribution in [0.15, 0.2) is 46.9 Å². The maximum absolute atomic E-state index is 12.0. The highest BCUT2D eigenvalue weighted by Crippen LogP contribution is 2.33. The van der Waals surface area contributed by atoms with Crippen LogP contribution in [0, 0.1) is 10.1 Å². The van der Waals surface area contributed by atoms with Gasteiger partial charge in [-0.3, -0.25) is 15.0 Å². The second kappa shape index (κ2) is 8.87. The van der Waals surface area contributed by atoms with Crippen LogP contribution in [0.1, 0.15) is 31.9 Å². The number of hydrogen-bond donors (Lipinski definition) is 1. The third-order valence-electron chi connectivity index (χ3n) is 4.51. The molecule has 2 aromatic carbocycles. The molecule has 0 fully saturated rings. The van der Waals surface area contributed by atoms with Crippen molar-refractivity contribution < 1.29 is 14.5 Å². The first-order chi connectivity index (χ1) is 14.2. The van der Waals surface area contributed by atoms with Crippen LogP contribution in [0.2, 0.25) is 0 Å². The summed E-state index contributed by atoms with van der Waals surface area (Å²) in [6.45, 7) is 7.04. The summed E-state index contributed by atoms with van der Waals surface area (Å²) >= 11 is 3.18. The van der Waals surface area contributed by atoms with Crippen molar-refractivity contribution in [2.75, 3.05) is 23.3 Å². The number of amides is 1. The van der Waals surface area contributed by atoms with E-state index in [4.69, 9.17) is 4.74 Å². The Bertz CT molecular complexity index is 998. The number of anilines is 2. The number of para-hydroxylation sites is 1. The van der Waals surface area contributed by atoms with E-state index in [0.29, 0.717) is 11.0 Å². The van der Waals surface area contributed by atoms with Gasteiger partial charge in [0.25, 0.3) is 5.69 Å². The Balaban J connectivity index is 0.000000177. The number of nitro benzene ring substituents is 1. The maximum atomic E-state index is 12.0. The highest BCUT2D eigenvalue weighted by atomic mass is 79.9. The van der Waals surface area contributed by atoms with Gasteiger partial charge in [-0.25, -0.2) is 4.79 Å². The number of fused-ring (bicyclic) bond motifs is 2. The number of halogens is 1. The Hall–Kier alpha value is -2.87. The number of rotatable bonds is 1. The lowest BCUT2D eigenvalue weighted by Crippen LogP contribution is -2.38. The molecule has 7 nitrogen and oxygen atoms in total. The molecule has 2 aromatic rings. The fourth-order valence-corrected chi connectivity index (χ4v) is 3.73. The van der Waals surface area contributed by atoms with Gasteiger partial charge in [0.2, 0.25) is 0 Å². The quantitative estimate of drug-likeness (QED) is 0.418. The third kappa shape index (κ3) is 5.18. The minimum atomic E-state index is -0.465. The van der Waals surface area contributed by atoms with Gasteiger partial charge in [-0.15, -0.1) is 0 Å². The lowest BCUT2D eigenvalue weighted by molar-refractivity contribution is -0.385. The maximum Gasteiger partial charge on any atom is 0.415 e. The van der Waals surface area contributed by atoms with Crippen LogP contribution >= 0.6 is 15.9 Å². The Morgan fingerprint density at radius 1 is 1.27 bits per heavy atom. The van der Waals surface area contributed by atoms with Gasteiger partial charge < -0.3 is 10.1 Å². The summed E-state index contributed by atoms with van der Waals surface area (Å²) in [5.74, 6) is 0. The summed E-state index contributed by atoms with van der Waals surface area (Å²) in [5, 5.41) is 13.7. The molecule has 0 spiro atoms. The van der Waals surface area contributed by atoms with Crippen LogP contribution < -0.4 is 10.2 Å². The molecule has 0 bridgehead atoms. The summed E-state index contributed by atoms with van der Waals surface area (Å²) in [7, 11) is 0. The number of nitrogens with zero attached hydrogens (tertiary/aromatic N) is 2. The van der Waals surface area contributed by atoms with E-state index in [-0.39, 0.29) is 16.7 Å². The van der Waals surface area contributed by atoms with Crippen LogP contribution in [0.5, 0.6) is 0 Å². The number of ether oxygens (including phenoxy) is 1. The molecule has 2 aliphatic heterocycles. The number of nitro groups is 1. The van der Waals surface area contributed by atoms with Crippen LogP contribution in [0.4, 0.5) is 21.9 Å². The van der Waals surface area contributed by atoms with E-state index < -0.39 is 5.60 Å². The van der Waals surface area contributed by atoms with E-state index in [1.165, 1.54) is 0 Å². The predicted octanol–water partition coefficient (Wildman–Crippen LogP) is 5.78. The lowest BCUT2D eigenvalue weighted by atomic mass is 10.1. The van der Waals surface area contributed by atoms with Crippen molar-refractivity contribution in [3.05, 3.63) is 68.2 Å². The number of carbonyl (C=O) groups excluding carboxylic acids is 1. The van der Waals surface area contributed by atoms with Crippen LogP contribution in [0.25, 0.3) is 6.08 Å². The van der Waals surface area contributed by atoms with Crippen LogP contribution in [0.3, 0.4) is 0 Å². The first kappa shape index (κ1) is 21.8. The van der Waals surface area contributed by atoms with Gasteiger partial charge in [-0.05, 0) is 66.4 Å². The molecule has 0 aromatic heterocycles. The van der Waals surface area contributed by atoms with E-state index in [1.807, 2.05) is 63.3 Å². The predicted molar refractivity (Wildman–Crippen MR) is 122 cm³/mol. The first-order valence-electron chi connectivity index (χ1n) is 9.62. The molecule has 1 N–H and O–H groups in total. The Labute approximate surface area is 184 Å². The Morgan fingerprint density at radius 3 is 2.70 bits per heavy atom. The zero-order valence-electron chi connectivity index (χ0n) is 17.1. The van der Waals surface area contributed by atoms with E-state index in [0.717, 1.165) is 35.5 Å². The fourth-order valence-electron chi connectivity index (χ4n) is 3.19. The van der Waals surface area contributed by atoms with Crippen molar-refractivity contribution >= 4 is 45.2 Å². The zero-order valence-corrected chi connectivity index (χ0v) is 18.7. The van der Waals surface area contributed by atoms with Gasteiger partial charge in [0, 0.05) is 24.8 Å². The average molecular weight is 474 g/mol. The highest BCUT2D eigenvalue weighted by Gasteiger charge is 2.25. The van der Waals surface area contributed by atoms with Crippen molar-refractivity contribution in [3.63, 3.8) is 0 Å². The third-order valence-corrected chi connectivity index (χ3v) is 5.14. The standard InChI is InChI=1S/C14H17NO2.C8H7BrN2O2/c1-14(2,3)17-13(16)15-10-6-8-11-7-4-5-9-12(11)15;9-6-3-5-1-2-10-7(5)4-8(6)11(12)13/h4-9H,10H2,1-3H3;3-4,10H,1-2H2. The van der Waals surface area contributed by atoms with Crippen molar-refractivity contribution in [2.45, 2.75) is 32.8 Å². The normalized spacial score (nSPS) is 14.1. The minimum Gasteiger partial charge on any atom is -0.443 e. The van der Waals surface area contributed by atoms with E-state index in [9.17, 15) is 14.9 Å². The Morgan fingerprint density at radius 2 is 2.00 bits per heavy atom. The molecule has 8 heteroatoms. The van der Waals surface area contributed by atoms with Crippen molar-refractivity contribution in [1.29, 1.82) is 0 Å². The molecule has 0 radical (unpaired) electrons. The van der Waals surface area contributed by atoms with Gasteiger partial charge in [-0.2, -0.15) is 0 Å². The van der Waals surface area contributed by atoms with E-state index in [1.54, 1.807) is 11.0 Å². The van der Waals surface area contributed by atoms with Crippen LogP contribution in [-0.2, 0) is 11.2 Å². The topological polar surface area (TPSA) is 84.7 Å². The van der Waals surface area contributed by atoms with Crippen LogP contribution in [-0.4, -0.2) is 29.7 Å². The van der Waals surface area contributed by atoms with E-state index in [2.05, 4.69) is 21.2 Å². The molecule has 0 saturated heterocycles. The molecule has 0 saturated carbocycles. The summed E-state index contributed by atoms with van der Waals surface area (Å²) < 4.78 is 5.94. The molecule has 30 heavy (non-hydrogen) atoms. The molecular formula is C22H24BrN3O4. The second-order valence-electron chi connectivity index (χ2n) is 7.95. The summed E-state index contributed by atoms with van der Waals surface area (Å²) in [4.78, 5) is 23.9.